The predicted octanol–water partition coefficient (Wildman–Crippen LogP) is 3.64. The number of ether oxygens (including phenoxy) is 4. The third-order valence-electron chi connectivity index (χ3n) is 5.39. The molecule has 1 heterocycles. The van der Waals surface area contributed by atoms with Crippen molar-refractivity contribution in [2.24, 2.45) is 11.3 Å². The summed E-state index contributed by atoms with van der Waals surface area (Å²) in [4.78, 5) is 12.4. The smallest absolute Gasteiger partial charge is 0.335 e. The number of esters is 1. The van der Waals surface area contributed by atoms with E-state index in [0.717, 1.165) is 19.3 Å². The van der Waals surface area contributed by atoms with E-state index in [1.54, 1.807) is 7.11 Å². The summed E-state index contributed by atoms with van der Waals surface area (Å²) in [6.45, 7) is 10.1. The fourth-order valence-electron chi connectivity index (χ4n) is 3.99. The molecular formula is C20H32O5. The maximum Gasteiger partial charge on any atom is 0.335 e. The molecule has 3 atom stereocenters. The summed E-state index contributed by atoms with van der Waals surface area (Å²) in [6.07, 6.45) is 4.75. The molecule has 1 aliphatic carbocycles. The topological polar surface area (TPSA) is 54.0 Å². The molecule has 25 heavy (non-hydrogen) atoms. The van der Waals surface area contributed by atoms with Crippen LogP contribution in [0.4, 0.5) is 0 Å². The second-order valence-corrected chi connectivity index (χ2v) is 7.43. The lowest BCUT2D eigenvalue weighted by atomic mass is 9.71. The molecule has 0 aromatic rings. The van der Waals surface area contributed by atoms with Crippen molar-refractivity contribution in [2.45, 2.75) is 53.1 Å². The minimum atomic E-state index is -0.482. The maximum atomic E-state index is 12.4. The summed E-state index contributed by atoms with van der Waals surface area (Å²) >= 11 is 0. The molecule has 0 spiro atoms. The standard InChI is InChI=1S/C20H32O5/c1-6-24-19(21)18-17-16(15(3)12-25-18)8-10-20(17,4)9-7-14(2)11-23-13-22-5/h7,17-18H,6,8-13H2,1-5H3/b14-7-/t17-,18+,20+/m0/s1. The first-order chi connectivity index (χ1) is 11.9. The molecule has 0 aromatic heterocycles. The van der Waals surface area contributed by atoms with E-state index in [9.17, 15) is 4.79 Å². The van der Waals surface area contributed by atoms with Crippen LogP contribution in [0.3, 0.4) is 0 Å². The SMILES string of the molecule is CCOC(=O)[C@@H]1OCC(C)=C2CC[C@@](C)(C/C=C(/C)COCOC)[C@@H]21. The van der Waals surface area contributed by atoms with Gasteiger partial charge in [-0.3, -0.25) is 0 Å². The van der Waals surface area contributed by atoms with Crippen LogP contribution in [0, 0.1) is 11.3 Å². The van der Waals surface area contributed by atoms with E-state index < -0.39 is 6.10 Å². The van der Waals surface area contributed by atoms with Gasteiger partial charge in [-0.15, -0.1) is 0 Å². The molecule has 0 unspecified atom stereocenters. The summed E-state index contributed by atoms with van der Waals surface area (Å²) in [5, 5.41) is 0. The molecule has 2 aliphatic rings. The van der Waals surface area contributed by atoms with Gasteiger partial charge in [0.1, 0.15) is 6.79 Å². The Hall–Kier alpha value is -1.17. The first-order valence-corrected chi connectivity index (χ1v) is 9.12. The number of carbonyl (C=O) groups is 1. The molecule has 0 amide bonds. The quantitative estimate of drug-likeness (QED) is 0.289. The van der Waals surface area contributed by atoms with Gasteiger partial charge < -0.3 is 18.9 Å². The van der Waals surface area contributed by atoms with Gasteiger partial charge >= 0.3 is 5.97 Å². The summed E-state index contributed by atoms with van der Waals surface area (Å²) in [6, 6.07) is 0. The van der Waals surface area contributed by atoms with Gasteiger partial charge in [0, 0.05) is 13.0 Å². The minimum Gasteiger partial charge on any atom is -0.464 e. The Bertz CT molecular complexity index is 536. The fourth-order valence-corrected chi connectivity index (χ4v) is 3.99. The van der Waals surface area contributed by atoms with Crippen LogP contribution in [0.2, 0.25) is 0 Å². The normalized spacial score (nSPS) is 29.7. The van der Waals surface area contributed by atoms with Crippen molar-refractivity contribution < 1.29 is 23.7 Å². The lowest BCUT2D eigenvalue weighted by Gasteiger charge is -2.39. The Morgan fingerprint density at radius 1 is 1.44 bits per heavy atom. The Labute approximate surface area is 151 Å². The number of fused-ring (bicyclic) bond motifs is 1. The van der Waals surface area contributed by atoms with Crippen molar-refractivity contribution in [2.75, 3.05) is 33.7 Å². The van der Waals surface area contributed by atoms with Crippen LogP contribution in [-0.2, 0) is 23.7 Å². The Kier molecular flexibility index (Phi) is 7.23. The number of hydrogen-bond acceptors (Lipinski definition) is 5. The third kappa shape index (κ3) is 4.72. The number of carbonyl (C=O) groups excluding carboxylic acids is 1. The summed E-state index contributed by atoms with van der Waals surface area (Å²) in [5.41, 5.74) is 3.85. The van der Waals surface area contributed by atoms with Crippen LogP contribution in [-0.4, -0.2) is 45.8 Å². The zero-order valence-electron chi connectivity index (χ0n) is 16.2. The molecular weight excluding hydrogens is 320 g/mol. The maximum absolute atomic E-state index is 12.4. The van der Waals surface area contributed by atoms with Crippen molar-refractivity contribution in [3.05, 3.63) is 22.8 Å². The van der Waals surface area contributed by atoms with Crippen LogP contribution in [0.5, 0.6) is 0 Å². The van der Waals surface area contributed by atoms with Crippen molar-refractivity contribution in [3.8, 4) is 0 Å². The van der Waals surface area contributed by atoms with Gasteiger partial charge in [-0.1, -0.05) is 24.1 Å². The van der Waals surface area contributed by atoms with Gasteiger partial charge in [0.15, 0.2) is 6.10 Å². The summed E-state index contributed by atoms with van der Waals surface area (Å²) in [5.74, 6) is -0.126. The first kappa shape index (κ1) is 20.1. The molecule has 0 aromatic carbocycles. The molecule has 0 bridgehead atoms. The molecule has 1 saturated carbocycles. The fraction of sp³-hybridized carbons (Fsp3) is 0.750. The molecule has 5 nitrogen and oxygen atoms in total. The highest BCUT2D eigenvalue weighted by Gasteiger charge is 2.51. The molecule has 1 fully saturated rings. The van der Waals surface area contributed by atoms with Gasteiger partial charge in [0.25, 0.3) is 0 Å². The summed E-state index contributed by atoms with van der Waals surface area (Å²) in [7, 11) is 1.62. The van der Waals surface area contributed by atoms with Crippen LogP contribution >= 0.6 is 0 Å². The van der Waals surface area contributed by atoms with Crippen molar-refractivity contribution >= 4 is 5.97 Å². The Morgan fingerprint density at radius 3 is 2.88 bits per heavy atom. The average molecular weight is 352 g/mol. The summed E-state index contributed by atoms with van der Waals surface area (Å²) < 4.78 is 21.5. The lowest BCUT2D eigenvalue weighted by molar-refractivity contribution is -0.162. The largest absolute Gasteiger partial charge is 0.464 e. The van der Waals surface area contributed by atoms with Crippen LogP contribution < -0.4 is 0 Å². The third-order valence-corrected chi connectivity index (χ3v) is 5.39. The lowest BCUT2D eigenvalue weighted by Crippen LogP contribution is -2.43. The molecule has 0 saturated heterocycles. The highest BCUT2D eigenvalue weighted by atomic mass is 16.7. The van der Waals surface area contributed by atoms with E-state index in [2.05, 4.69) is 26.8 Å². The van der Waals surface area contributed by atoms with Crippen molar-refractivity contribution in [1.82, 2.24) is 0 Å². The predicted molar refractivity (Wildman–Crippen MR) is 96.1 cm³/mol. The zero-order valence-corrected chi connectivity index (χ0v) is 16.2. The molecule has 0 N–H and O–H groups in total. The van der Waals surface area contributed by atoms with E-state index in [0.29, 0.717) is 26.6 Å². The molecule has 2 rings (SSSR count). The Balaban J connectivity index is 2.14. The van der Waals surface area contributed by atoms with E-state index >= 15 is 0 Å². The number of hydrogen-bond donors (Lipinski definition) is 0. The van der Waals surface area contributed by atoms with Crippen LogP contribution in [0.1, 0.15) is 47.0 Å². The minimum absolute atomic E-state index is 0.00302. The van der Waals surface area contributed by atoms with E-state index in [-0.39, 0.29) is 17.3 Å². The highest BCUT2D eigenvalue weighted by Crippen LogP contribution is 2.54. The van der Waals surface area contributed by atoms with E-state index in [1.165, 1.54) is 16.7 Å². The number of allylic oxidation sites excluding steroid dienone is 1. The second-order valence-electron chi connectivity index (χ2n) is 7.43. The van der Waals surface area contributed by atoms with E-state index in [4.69, 9.17) is 18.9 Å². The van der Waals surface area contributed by atoms with Gasteiger partial charge in [-0.25, -0.2) is 4.79 Å². The zero-order chi connectivity index (χ0) is 18.4. The van der Waals surface area contributed by atoms with Gasteiger partial charge in [-0.2, -0.15) is 0 Å². The van der Waals surface area contributed by atoms with Gasteiger partial charge in [-0.05, 0) is 51.0 Å². The van der Waals surface area contributed by atoms with Gasteiger partial charge in [0.2, 0.25) is 0 Å². The van der Waals surface area contributed by atoms with Crippen molar-refractivity contribution in [1.29, 1.82) is 0 Å². The van der Waals surface area contributed by atoms with Gasteiger partial charge in [0.05, 0.1) is 19.8 Å². The number of rotatable bonds is 8. The molecule has 1 aliphatic heterocycles. The van der Waals surface area contributed by atoms with E-state index in [1.807, 2.05) is 6.92 Å². The first-order valence-electron chi connectivity index (χ1n) is 9.12. The van der Waals surface area contributed by atoms with Crippen LogP contribution in [0.25, 0.3) is 0 Å². The average Bonchev–Trinajstić information content (AvgIpc) is 2.93. The Morgan fingerprint density at radius 2 is 2.20 bits per heavy atom. The van der Waals surface area contributed by atoms with Crippen LogP contribution in [0.15, 0.2) is 22.8 Å². The molecule has 5 heteroatoms. The second kappa shape index (κ2) is 8.97. The highest BCUT2D eigenvalue weighted by molar-refractivity contribution is 5.76. The van der Waals surface area contributed by atoms with Crippen molar-refractivity contribution in [3.63, 3.8) is 0 Å². The molecule has 0 radical (unpaired) electrons. The number of methoxy groups -OCH3 is 1. The molecule has 142 valence electrons. The monoisotopic (exact) mass is 352 g/mol.